The first-order valence-electron chi connectivity index (χ1n) is 6.98. The molecule has 2 N–H and O–H groups in total. The number of aryl methyl sites for hydroxylation is 1. The molecule has 108 valence electrons. The first-order valence-corrected chi connectivity index (χ1v) is 7.36. The van der Waals surface area contributed by atoms with Gasteiger partial charge in [-0.15, -0.1) is 0 Å². The highest BCUT2D eigenvalue weighted by Crippen LogP contribution is 2.35. The summed E-state index contributed by atoms with van der Waals surface area (Å²) in [5.41, 5.74) is 9.64. The SMILES string of the molecule is NC(=O)OC1CCCc2ccc(-c3ccc(Cl)cc3)cc21. The Morgan fingerprint density at radius 3 is 2.57 bits per heavy atom. The third-order valence-corrected chi connectivity index (χ3v) is 4.09. The van der Waals surface area contributed by atoms with Gasteiger partial charge in [0.2, 0.25) is 0 Å². The Bertz CT molecular complexity index is 667. The summed E-state index contributed by atoms with van der Waals surface area (Å²) >= 11 is 5.92. The minimum Gasteiger partial charge on any atom is -0.442 e. The summed E-state index contributed by atoms with van der Waals surface area (Å²) in [6, 6.07) is 14.0. The summed E-state index contributed by atoms with van der Waals surface area (Å²) in [6.45, 7) is 0. The van der Waals surface area contributed by atoms with Crippen molar-refractivity contribution in [2.75, 3.05) is 0 Å². The minimum absolute atomic E-state index is 0.237. The van der Waals surface area contributed by atoms with E-state index in [9.17, 15) is 4.79 Å². The molecule has 0 saturated carbocycles. The Morgan fingerprint density at radius 1 is 1.14 bits per heavy atom. The number of hydrogen-bond donors (Lipinski definition) is 1. The van der Waals surface area contributed by atoms with Gasteiger partial charge < -0.3 is 10.5 Å². The number of primary amides is 1. The molecule has 0 radical (unpaired) electrons. The molecule has 0 heterocycles. The number of halogens is 1. The molecule has 21 heavy (non-hydrogen) atoms. The van der Waals surface area contributed by atoms with Crippen LogP contribution in [0.2, 0.25) is 5.02 Å². The monoisotopic (exact) mass is 301 g/mol. The molecule has 2 aromatic carbocycles. The second-order valence-corrected chi connectivity index (χ2v) is 5.67. The number of ether oxygens (including phenoxy) is 1. The van der Waals surface area contributed by atoms with Gasteiger partial charge in [-0.2, -0.15) is 0 Å². The second kappa shape index (κ2) is 5.78. The second-order valence-electron chi connectivity index (χ2n) is 5.24. The van der Waals surface area contributed by atoms with Crippen molar-refractivity contribution in [3.05, 3.63) is 58.6 Å². The van der Waals surface area contributed by atoms with E-state index in [0.717, 1.165) is 36.0 Å². The maximum Gasteiger partial charge on any atom is 0.405 e. The number of rotatable bonds is 2. The number of fused-ring (bicyclic) bond motifs is 1. The Morgan fingerprint density at radius 2 is 1.86 bits per heavy atom. The fourth-order valence-corrected chi connectivity index (χ4v) is 2.97. The lowest BCUT2D eigenvalue weighted by atomic mass is 9.87. The van der Waals surface area contributed by atoms with Crippen molar-refractivity contribution in [1.82, 2.24) is 0 Å². The molecule has 1 aliphatic carbocycles. The molecule has 1 atom stereocenters. The van der Waals surface area contributed by atoms with E-state index in [4.69, 9.17) is 22.1 Å². The molecule has 0 aromatic heterocycles. The van der Waals surface area contributed by atoms with Gasteiger partial charge in [0.25, 0.3) is 0 Å². The molecule has 0 bridgehead atoms. The number of hydrogen-bond acceptors (Lipinski definition) is 2. The molecule has 0 fully saturated rings. The van der Waals surface area contributed by atoms with Crippen molar-refractivity contribution >= 4 is 17.7 Å². The third-order valence-electron chi connectivity index (χ3n) is 3.84. The lowest BCUT2D eigenvalue weighted by molar-refractivity contribution is 0.0959. The van der Waals surface area contributed by atoms with Crippen molar-refractivity contribution in [2.24, 2.45) is 5.73 Å². The number of carbonyl (C=O) groups is 1. The van der Waals surface area contributed by atoms with Gasteiger partial charge in [0, 0.05) is 5.02 Å². The molecule has 2 aromatic rings. The Hall–Kier alpha value is -2.00. The van der Waals surface area contributed by atoms with Gasteiger partial charge in [0.1, 0.15) is 6.10 Å². The van der Waals surface area contributed by atoms with E-state index >= 15 is 0 Å². The molecule has 0 aliphatic heterocycles. The van der Waals surface area contributed by atoms with Gasteiger partial charge in [-0.3, -0.25) is 0 Å². The molecule has 1 unspecified atom stereocenters. The maximum atomic E-state index is 11.1. The van der Waals surface area contributed by atoms with Gasteiger partial charge >= 0.3 is 6.09 Å². The zero-order valence-electron chi connectivity index (χ0n) is 11.5. The minimum atomic E-state index is -0.718. The van der Waals surface area contributed by atoms with Crippen LogP contribution in [-0.4, -0.2) is 6.09 Å². The van der Waals surface area contributed by atoms with Crippen LogP contribution in [0.15, 0.2) is 42.5 Å². The lowest BCUT2D eigenvalue weighted by Gasteiger charge is -2.25. The van der Waals surface area contributed by atoms with Gasteiger partial charge in [0.15, 0.2) is 0 Å². The predicted molar refractivity (Wildman–Crippen MR) is 83.2 cm³/mol. The fourth-order valence-electron chi connectivity index (χ4n) is 2.84. The molecule has 4 heteroatoms. The van der Waals surface area contributed by atoms with Crippen LogP contribution >= 0.6 is 11.6 Å². The van der Waals surface area contributed by atoms with E-state index in [1.807, 2.05) is 24.3 Å². The van der Waals surface area contributed by atoms with E-state index in [1.165, 1.54) is 5.56 Å². The molecular formula is C17H16ClNO2. The molecule has 1 aliphatic rings. The summed E-state index contributed by atoms with van der Waals surface area (Å²) in [4.78, 5) is 11.1. The number of benzene rings is 2. The normalized spacial score (nSPS) is 17.1. The average Bonchev–Trinajstić information content (AvgIpc) is 2.47. The number of amides is 1. The molecular weight excluding hydrogens is 286 g/mol. The van der Waals surface area contributed by atoms with Crippen LogP contribution < -0.4 is 5.73 Å². The largest absolute Gasteiger partial charge is 0.442 e. The van der Waals surface area contributed by atoms with Gasteiger partial charge in [-0.25, -0.2) is 4.79 Å². The van der Waals surface area contributed by atoms with Crippen LogP contribution in [0.3, 0.4) is 0 Å². The first-order chi connectivity index (χ1) is 10.1. The Labute approximate surface area is 128 Å². The van der Waals surface area contributed by atoms with Gasteiger partial charge in [-0.1, -0.05) is 35.9 Å². The lowest BCUT2D eigenvalue weighted by Crippen LogP contribution is -2.20. The van der Waals surface area contributed by atoms with Crippen molar-refractivity contribution in [3.8, 4) is 11.1 Å². The van der Waals surface area contributed by atoms with Crippen LogP contribution in [0.25, 0.3) is 11.1 Å². The van der Waals surface area contributed by atoms with Crippen molar-refractivity contribution in [1.29, 1.82) is 0 Å². The highest BCUT2D eigenvalue weighted by molar-refractivity contribution is 6.30. The quantitative estimate of drug-likeness (QED) is 0.889. The summed E-state index contributed by atoms with van der Waals surface area (Å²) in [5.74, 6) is 0. The number of carbonyl (C=O) groups excluding carboxylic acids is 1. The van der Waals surface area contributed by atoms with Crippen LogP contribution in [0.4, 0.5) is 4.79 Å². The topological polar surface area (TPSA) is 52.3 Å². The zero-order valence-corrected chi connectivity index (χ0v) is 12.3. The van der Waals surface area contributed by atoms with Crippen LogP contribution in [0, 0.1) is 0 Å². The number of nitrogens with two attached hydrogens (primary N) is 1. The van der Waals surface area contributed by atoms with E-state index in [1.54, 1.807) is 0 Å². The molecule has 1 amide bonds. The Kier molecular flexibility index (Phi) is 3.84. The summed E-state index contributed by atoms with van der Waals surface area (Å²) in [7, 11) is 0. The van der Waals surface area contributed by atoms with Gasteiger partial charge in [-0.05, 0) is 59.7 Å². The summed E-state index contributed by atoms with van der Waals surface area (Å²) < 4.78 is 5.25. The van der Waals surface area contributed by atoms with Crippen LogP contribution in [0.1, 0.15) is 30.1 Å². The molecule has 0 saturated heterocycles. The molecule has 3 rings (SSSR count). The molecule has 0 spiro atoms. The van der Waals surface area contributed by atoms with Gasteiger partial charge in [0.05, 0.1) is 0 Å². The molecule has 3 nitrogen and oxygen atoms in total. The highest BCUT2D eigenvalue weighted by atomic mass is 35.5. The Balaban J connectivity index is 1.98. The third kappa shape index (κ3) is 3.03. The summed E-state index contributed by atoms with van der Waals surface area (Å²) in [5, 5.41) is 0.714. The van der Waals surface area contributed by atoms with Crippen molar-refractivity contribution in [2.45, 2.75) is 25.4 Å². The fraction of sp³-hybridized carbons (Fsp3) is 0.235. The smallest absolute Gasteiger partial charge is 0.405 e. The van der Waals surface area contributed by atoms with E-state index in [0.29, 0.717) is 5.02 Å². The highest BCUT2D eigenvalue weighted by Gasteiger charge is 2.23. The van der Waals surface area contributed by atoms with Crippen LogP contribution in [0.5, 0.6) is 0 Å². The van der Waals surface area contributed by atoms with E-state index < -0.39 is 6.09 Å². The zero-order chi connectivity index (χ0) is 14.8. The van der Waals surface area contributed by atoms with E-state index in [-0.39, 0.29) is 6.10 Å². The standard InChI is InChI=1S/C17H16ClNO2/c18-14-8-6-11(7-9-14)13-5-4-12-2-1-3-16(15(12)10-13)21-17(19)20/h4-10,16H,1-3H2,(H2,19,20). The maximum absolute atomic E-state index is 11.1. The predicted octanol–water partition coefficient (Wildman–Crippen LogP) is 4.48. The average molecular weight is 302 g/mol. The van der Waals surface area contributed by atoms with Crippen molar-refractivity contribution < 1.29 is 9.53 Å². The first kappa shape index (κ1) is 14.0. The van der Waals surface area contributed by atoms with E-state index in [2.05, 4.69) is 18.2 Å². The van der Waals surface area contributed by atoms with Crippen LogP contribution in [-0.2, 0) is 11.2 Å². The summed E-state index contributed by atoms with van der Waals surface area (Å²) in [6.07, 6.45) is 1.88. The van der Waals surface area contributed by atoms with Crippen molar-refractivity contribution in [3.63, 3.8) is 0 Å².